The third-order valence-electron chi connectivity index (χ3n) is 3.31. The molecule has 3 aromatic rings. The van der Waals surface area contributed by atoms with E-state index in [1.807, 2.05) is 17.7 Å². The van der Waals surface area contributed by atoms with Gasteiger partial charge in [-0.3, -0.25) is 5.32 Å². The molecule has 0 spiro atoms. The van der Waals surface area contributed by atoms with E-state index in [1.165, 1.54) is 7.11 Å². The van der Waals surface area contributed by atoms with Crippen LogP contribution in [0.1, 0.15) is 0 Å². The standard InChI is InChI=1S/C16H14ClN3O3/c1-20-9-18-12-8-11(4-5-14(12)20)23-16(21)19-13-7-10(17)3-6-15(13)22-2/h3-9H,1-2H3,(H,19,21). The number of anilines is 1. The molecule has 1 N–H and O–H groups in total. The number of amides is 1. The molecule has 0 saturated carbocycles. The van der Waals surface area contributed by atoms with Crippen LogP contribution in [0.5, 0.6) is 11.5 Å². The molecule has 0 radical (unpaired) electrons. The van der Waals surface area contributed by atoms with Gasteiger partial charge in [0.25, 0.3) is 0 Å². The van der Waals surface area contributed by atoms with Gasteiger partial charge in [0.05, 0.1) is 30.2 Å². The van der Waals surface area contributed by atoms with Crippen LogP contribution in [0.15, 0.2) is 42.7 Å². The molecule has 1 amide bonds. The average Bonchev–Trinajstić information content (AvgIpc) is 2.88. The van der Waals surface area contributed by atoms with Crippen molar-refractivity contribution in [2.24, 2.45) is 7.05 Å². The summed E-state index contributed by atoms with van der Waals surface area (Å²) >= 11 is 5.93. The average molecular weight is 332 g/mol. The normalized spacial score (nSPS) is 10.6. The highest BCUT2D eigenvalue weighted by atomic mass is 35.5. The van der Waals surface area contributed by atoms with Gasteiger partial charge < -0.3 is 14.0 Å². The van der Waals surface area contributed by atoms with Gasteiger partial charge in [-0.1, -0.05) is 11.6 Å². The van der Waals surface area contributed by atoms with E-state index in [2.05, 4.69) is 10.3 Å². The Hall–Kier alpha value is -2.73. The van der Waals surface area contributed by atoms with Crippen molar-refractivity contribution < 1.29 is 14.3 Å². The van der Waals surface area contributed by atoms with Crippen molar-refractivity contribution in [1.82, 2.24) is 9.55 Å². The number of nitrogens with zero attached hydrogens (tertiary/aromatic N) is 2. The number of ether oxygens (including phenoxy) is 2. The molecule has 0 fully saturated rings. The molecule has 1 heterocycles. The highest BCUT2D eigenvalue weighted by Crippen LogP contribution is 2.28. The summed E-state index contributed by atoms with van der Waals surface area (Å²) in [6.07, 6.45) is 1.06. The minimum Gasteiger partial charge on any atom is -0.495 e. The van der Waals surface area contributed by atoms with E-state index in [4.69, 9.17) is 21.1 Å². The Morgan fingerprint density at radius 3 is 2.87 bits per heavy atom. The third kappa shape index (κ3) is 3.22. The Morgan fingerprint density at radius 2 is 2.09 bits per heavy atom. The topological polar surface area (TPSA) is 65.4 Å². The lowest BCUT2D eigenvalue weighted by molar-refractivity contribution is 0.215. The Bertz CT molecular complexity index is 876. The van der Waals surface area contributed by atoms with E-state index in [0.717, 1.165) is 11.0 Å². The van der Waals surface area contributed by atoms with Crippen LogP contribution in [0, 0.1) is 0 Å². The van der Waals surface area contributed by atoms with Crippen LogP contribution in [0.2, 0.25) is 5.02 Å². The molecule has 0 aliphatic rings. The van der Waals surface area contributed by atoms with Crippen LogP contribution in [-0.2, 0) is 7.05 Å². The number of rotatable bonds is 3. The van der Waals surface area contributed by atoms with E-state index in [1.54, 1.807) is 36.7 Å². The molecule has 7 heteroatoms. The Morgan fingerprint density at radius 1 is 1.26 bits per heavy atom. The number of carbonyl (C=O) groups excluding carboxylic acids is 1. The molecule has 0 aliphatic heterocycles. The van der Waals surface area contributed by atoms with Gasteiger partial charge in [0, 0.05) is 18.1 Å². The first-order valence-electron chi connectivity index (χ1n) is 6.80. The SMILES string of the molecule is COc1ccc(Cl)cc1NC(=O)Oc1ccc2c(c1)ncn2C. The number of imidazole rings is 1. The van der Waals surface area contributed by atoms with E-state index in [0.29, 0.717) is 22.2 Å². The van der Waals surface area contributed by atoms with Gasteiger partial charge in [-0.15, -0.1) is 0 Å². The number of halogens is 1. The molecule has 0 bridgehead atoms. The summed E-state index contributed by atoms with van der Waals surface area (Å²) in [6, 6.07) is 10.2. The number of hydrogen-bond acceptors (Lipinski definition) is 4. The number of benzene rings is 2. The highest BCUT2D eigenvalue weighted by molar-refractivity contribution is 6.31. The highest BCUT2D eigenvalue weighted by Gasteiger charge is 2.11. The molecule has 6 nitrogen and oxygen atoms in total. The minimum absolute atomic E-state index is 0.398. The minimum atomic E-state index is -0.638. The molecule has 0 aliphatic carbocycles. The van der Waals surface area contributed by atoms with Crippen LogP contribution in [0.25, 0.3) is 11.0 Å². The lowest BCUT2D eigenvalue weighted by Gasteiger charge is -2.10. The maximum Gasteiger partial charge on any atom is 0.417 e. The zero-order valence-corrected chi connectivity index (χ0v) is 13.3. The third-order valence-corrected chi connectivity index (χ3v) is 3.54. The molecule has 3 rings (SSSR count). The van der Waals surface area contributed by atoms with E-state index in [9.17, 15) is 4.79 Å². The van der Waals surface area contributed by atoms with Crippen molar-refractivity contribution in [1.29, 1.82) is 0 Å². The maximum absolute atomic E-state index is 12.0. The number of methoxy groups -OCH3 is 1. The fraction of sp³-hybridized carbons (Fsp3) is 0.125. The largest absolute Gasteiger partial charge is 0.495 e. The van der Waals surface area contributed by atoms with Gasteiger partial charge in [-0.25, -0.2) is 9.78 Å². The second kappa shape index (κ2) is 6.18. The van der Waals surface area contributed by atoms with Crippen LogP contribution in [0.4, 0.5) is 10.5 Å². The molecule has 0 unspecified atom stereocenters. The molecule has 1 aromatic heterocycles. The lowest BCUT2D eigenvalue weighted by atomic mass is 10.3. The zero-order chi connectivity index (χ0) is 16.4. The predicted octanol–water partition coefficient (Wildman–Crippen LogP) is 3.85. The van der Waals surface area contributed by atoms with Crippen molar-refractivity contribution in [3.05, 3.63) is 47.7 Å². The molecular formula is C16H14ClN3O3. The number of aromatic nitrogens is 2. The number of hydrogen-bond donors (Lipinski definition) is 1. The number of fused-ring (bicyclic) bond motifs is 1. The Balaban J connectivity index is 1.77. The van der Waals surface area contributed by atoms with Gasteiger partial charge in [-0.2, -0.15) is 0 Å². The predicted molar refractivity (Wildman–Crippen MR) is 88.4 cm³/mol. The Kier molecular flexibility index (Phi) is 4.08. The fourth-order valence-electron chi connectivity index (χ4n) is 2.20. The van der Waals surface area contributed by atoms with Gasteiger partial charge in [-0.05, 0) is 30.3 Å². The second-order valence-corrected chi connectivity index (χ2v) is 5.30. The molecule has 0 saturated heterocycles. The quantitative estimate of drug-likeness (QED) is 0.791. The first-order valence-corrected chi connectivity index (χ1v) is 7.18. The van der Waals surface area contributed by atoms with Crippen molar-refractivity contribution >= 4 is 34.4 Å². The molecule has 23 heavy (non-hydrogen) atoms. The second-order valence-electron chi connectivity index (χ2n) is 4.87. The lowest BCUT2D eigenvalue weighted by Crippen LogP contribution is -2.17. The van der Waals surface area contributed by atoms with Crippen LogP contribution < -0.4 is 14.8 Å². The molecule has 2 aromatic carbocycles. The summed E-state index contributed by atoms with van der Waals surface area (Å²) in [6.45, 7) is 0. The molecule has 118 valence electrons. The van der Waals surface area contributed by atoms with Gasteiger partial charge in [0.2, 0.25) is 0 Å². The van der Waals surface area contributed by atoms with E-state index >= 15 is 0 Å². The number of aryl methyl sites for hydroxylation is 1. The number of carbonyl (C=O) groups is 1. The van der Waals surface area contributed by atoms with Crippen LogP contribution in [-0.4, -0.2) is 22.8 Å². The summed E-state index contributed by atoms with van der Waals surface area (Å²) in [4.78, 5) is 16.3. The van der Waals surface area contributed by atoms with Crippen LogP contribution >= 0.6 is 11.6 Å². The van der Waals surface area contributed by atoms with Crippen molar-refractivity contribution in [3.8, 4) is 11.5 Å². The van der Waals surface area contributed by atoms with E-state index in [-0.39, 0.29) is 0 Å². The Labute approximate surface area is 137 Å². The van der Waals surface area contributed by atoms with Gasteiger partial charge in [0.15, 0.2) is 0 Å². The monoisotopic (exact) mass is 331 g/mol. The smallest absolute Gasteiger partial charge is 0.417 e. The van der Waals surface area contributed by atoms with Gasteiger partial charge >= 0.3 is 6.09 Å². The zero-order valence-electron chi connectivity index (χ0n) is 12.5. The summed E-state index contributed by atoms with van der Waals surface area (Å²) < 4.78 is 12.3. The van der Waals surface area contributed by atoms with Crippen molar-refractivity contribution in [3.63, 3.8) is 0 Å². The first kappa shape index (κ1) is 15.2. The summed E-state index contributed by atoms with van der Waals surface area (Å²) in [7, 11) is 3.41. The molecular weight excluding hydrogens is 318 g/mol. The number of nitrogens with one attached hydrogen (secondary N) is 1. The van der Waals surface area contributed by atoms with Crippen molar-refractivity contribution in [2.45, 2.75) is 0 Å². The van der Waals surface area contributed by atoms with Crippen LogP contribution in [0.3, 0.4) is 0 Å². The molecule has 0 atom stereocenters. The fourth-order valence-corrected chi connectivity index (χ4v) is 2.37. The summed E-state index contributed by atoms with van der Waals surface area (Å²) in [5.41, 5.74) is 2.14. The van der Waals surface area contributed by atoms with Crippen molar-refractivity contribution in [2.75, 3.05) is 12.4 Å². The maximum atomic E-state index is 12.0. The summed E-state index contributed by atoms with van der Waals surface area (Å²) in [5.74, 6) is 0.890. The summed E-state index contributed by atoms with van der Waals surface area (Å²) in [5, 5.41) is 3.09. The van der Waals surface area contributed by atoms with E-state index < -0.39 is 6.09 Å². The first-order chi connectivity index (χ1) is 11.1. The van der Waals surface area contributed by atoms with Gasteiger partial charge in [0.1, 0.15) is 11.5 Å².